The molecule has 1 spiro atoms. The summed E-state index contributed by atoms with van der Waals surface area (Å²) in [4.78, 5) is 25.6. The van der Waals surface area contributed by atoms with E-state index in [1.807, 2.05) is 15.8 Å². The fraction of sp³-hybridized carbons (Fsp3) is 0.750. The highest BCUT2D eigenvalue weighted by Crippen LogP contribution is 2.42. The summed E-state index contributed by atoms with van der Waals surface area (Å²) >= 11 is 0. The van der Waals surface area contributed by atoms with Crippen LogP contribution in [-0.4, -0.2) is 63.7 Å². The zero-order chi connectivity index (χ0) is 17.5. The Bertz CT molecular complexity index is 649. The van der Waals surface area contributed by atoms with Gasteiger partial charge in [-0.1, -0.05) is 5.21 Å². The van der Waals surface area contributed by atoms with Crippen LogP contribution < -0.4 is 11.1 Å². The molecule has 3 fully saturated rings. The van der Waals surface area contributed by atoms with Crippen molar-refractivity contribution in [3.05, 3.63) is 12.4 Å². The number of piperidine rings is 1. The van der Waals surface area contributed by atoms with E-state index in [1.54, 1.807) is 6.20 Å². The Morgan fingerprint density at radius 1 is 1.28 bits per heavy atom. The topological polar surface area (TPSA) is 115 Å². The van der Waals surface area contributed by atoms with Gasteiger partial charge in [-0.2, -0.15) is 0 Å². The van der Waals surface area contributed by atoms with E-state index in [0.717, 1.165) is 25.7 Å². The predicted octanol–water partition coefficient (Wildman–Crippen LogP) is -0.167. The normalized spacial score (nSPS) is 26.6. The molecule has 1 aromatic heterocycles. The van der Waals surface area contributed by atoms with Gasteiger partial charge < -0.3 is 20.7 Å². The SMILES string of the molecule is NC(=O)C1COC2(CCN(C(=O)NCC3(n4ccnn4)CC3)CC2)C1. The van der Waals surface area contributed by atoms with E-state index in [9.17, 15) is 9.59 Å². The predicted molar refractivity (Wildman–Crippen MR) is 87.4 cm³/mol. The zero-order valence-corrected chi connectivity index (χ0v) is 14.2. The molecule has 1 unspecified atom stereocenters. The molecule has 3 aliphatic rings. The van der Waals surface area contributed by atoms with Gasteiger partial charge in [0.25, 0.3) is 0 Å². The molecule has 25 heavy (non-hydrogen) atoms. The number of nitrogens with one attached hydrogen (secondary N) is 1. The molecule has 0 bridgehead atoms. The molecular weight excluding hydrogens is 324 g/mol. The van der Waals surface area contributed by atoms with Gasteiger partial charge in [-0.05, 0) is 32.1 Å². The van der Waals surface area contributed by atoms with Gasteiger partial charge in [-0.25, -0.2) is 9.48 Å². The van der Waals surface area contributed by atoms with E-state index in [1.165, 1.54) is 0 Å². The number of aromatic nitrogens is 3. The lowest BCUT2D eigenvalue weighted by atomic mass is 9.85. The van der Waals surface area contributed by atoms with Crippen LogP contribution in [0.3, 0.4) is 0 Å². The summed E-state index contributed by atoms with van der Waals surface area (Å²) in [5.74, 6) is -0.488. The van der Waals surface area contributed by atoms with Gasteiger partial charge >= 0.3 is 6.03 Å². The Kier molecular flexibility index (Phi) is 3.90. The summed E-state index contributed by atoms with van der Waals surface area (Å²) in [7, 11) is 0. The summed E-state index contributed by atoms with van der Waals surface area (Å²) in [6.45, 7) is 2.24. The Balaban J connectivity index is 1.27. The first kappa shape index (κ1) is 16.3. The quantitative estimate of drug-likeness (QED) is 0.784. The molecule has 0 radical (unpaired) electrons. The molecule has 4 rings (SSSR count). The maximum atomic E-state index is 12.5. The van der Waals surface area contributed by atoms with Crippen LogP contribution in [0, 0.1) is 5.92 Å². The Hall–Kier alpha value is -2.16. The number of hydrogen-bond donors (Lipinski definition) is 2. The smallest absolute Gasteiger partial charge is 0.317 e. The molecule has 0 aromatic carbocycles. The summed E-state index contributed by atoms with van der Waals surface area (Å²) in [6.07, 6.45) is 7.68. The van der Waals surface area contributed by atoms with Crippen LogP contribution in [0.1, 0.15) is 32.1 Å². The summed E-state index contributed by atoms with van der Waals surface area (Å²) in [6, 6.07) is -0.0503. The second kappa shape index (κ2) is 5.98. The number of amides is 3. The van der Waals surface area contributed by atoms with Crippen molar-refractivity contribution in [1.29, 1.82) is 0 Å². The second-order valence-corrected chi connectivity index (χ2v) is 7.52. The lowest BCUT2D eigenvalue weighted by molar-refractivity contribution is -0.121. The van der Waals surface area contributed by atoms with E-state index in [2.05, 4.69) is 15.6 Å². The minimum atomic E-state index is -0.292. The van der Waals surface area contributed by atoms with Crippen LogP contribution in [0.25, 0.3) is 0 Å². The average molecular weight is 348 g/mol. The van der Waals surface area contributed by atoms with Crippen molar-refractivity contribution in [3.63, 3.8) is 0 Å². The average Bonchev–Trinajstić information content (AvgIpc) is 3.01. The monoisotopic (exact) mass is 348 g/mol. The molecule has 3 amide bonds. The number of urea groups is 1. The highest BCUT2D eigenvalue weighted by molar-refractivity contribution is 5.77. The number of rotatable bonds is 4. The second-order valence-electron chi connectivity index (χ2n) is 7.52. The van der Waals surface area contributed by atoms with E-state index in [4.69, 9.17) is 10.5 Å². The zero-order valence-electron chi connectivity index (χ0n) is 14.2. The van der Waals surface area contributed by atoms with Crippen molar-refractivity contribution in [2.75, 3.05) is 26.2 Å². The lowest BCUT2D eigenvalue weighted by Crippen LogP contribution is -2.51. The van der Waals surface area contributed by atoms with Crippen molar-refractivity contribution < 1.29 is 14.3 Å². The third-order valence-electron chi connectivity index (χ3n) is 5.88. The van der Waals surface area contributed by atoms with Gasteiger partial charge in [0.1, 0.15) is 0 Å². The minimum absolute atomic E-state index is 0.0503. The minimum Gasteiger partial charge on any atom is -0.374 e. The van der Waals surface area contributed by atoms with Gasteiger partial charge in [-0.3, -0.25) is 4.79 Å². The molecule has 3 N–H and O–H groups in total. The fourth-order valence-electron chi connectivity index (χ4n) is 3.94. The van der Waals surface area contributed by atoms with Crippen molar-refractivity contribution in [2.45, 2.75) is 43.2 Å². The molecule has 1 saturated carbocycles. The number of carbonyl (C=O) groups is 2. The summed E-state index contributed by atoms with van der Waals surface area (Å²) in [5, 5.41) is 10.9. The number of nitrogens with zero attached hydrogens (tertiary/aromatic N) is 4. The van der Waals surface area contributed by atoms with Crippen LogP contribution in [0.2, 0.25) is 0 Å². The lowest BCUT2D eigenvalue weighted by Gasteiger charge is -2.38. The van der Waals surface area contributed by atoms with Crippen LogP contribution >= 0.6 is 0 Å². The molecule has 3 heterocycles. The summed E-state index contributed by atoms with van der Waals surface area (Å²) in [5.41, 5.74) is 5.00. The van der Waals surface area contributed by atoms with Gasteiger partial charge in [0, 0.05) is 25.8 Å². The van der Waals surface area contributed by atoms with Gasteiger partial charge in [0.2, 0.25) is 5.91 Å². The molecule has 9 heteroatoms. The Morgan fingerprint density at radius 2 is 2.04 bits per heavy atom. The number of carbonyl (C=O) groups excluding carboxylic acids is 2. The van der Waals surface area contributed by atoms with Gasteiger partial charge in [-0.15, -0.1) is 5.10 Å². The van der Waals surface area contributed by atoms with Gasteiger partial charge in [0.05, 0.1) is 29.9 Å². The Morgan fingerprint density at radius 3 is 2.60 bits per heavy atom. The molecule has 1 aliphatic carbocycles. The van der Waals surface area contributed by atoms with Crippen molar-refractivity contribution >= 4 is 11.9 Å². The van der Waals surface area contributed by atoms with E-state index >= 15 is 0 Å². The molecule has 1 atom stereocenters. The first-order valence-corrected chi connectivity index (χ1v) is 8.85. The van der Waals surface area contributed by atoms with Crippen LogP contribution in [0.5, 0.6) is 0 Å². The molecule has 2 aliphatic heterocycles. The highest BCUT2D eigenvalue weighted by atomic mass is 16.5. The summed E-state index contributed by atoms with van der Waals surface area (Å²) < 4.78 is 7.72. The number of likely N-dealkylation sites (tertiary alicyclic amines) is 1. The maximum absolute atomic E-state index is 12.5. The van der Waals surface area contributed by atoms with E-state index < -0.39 is 0 Å². The maximum Gasteiger partial charge on any atom is 0.317 e. The molecular formula is C16H24N6O3. The van der Waals surface area contributed by atoms with Crippen LogP contribution in [-0.2, 0) is 15.1 Å². The molecule has 1 aromatic rings. The van der Waals surface area contributed by atoms with Crippen molar-refractivity contribution in [1.82, 2.24) is 25.2 Å². The fourth-order valence-corrected chi connectivity index (χ4v) is 3.94. The molecule has 2 saturated heterocycles. The van der Waals surface area contributed by atoms with Gasteiger partial charge in [0.15, 0.2) is 0 Å². The first-order chi connectivity index (χ1) is 12.0. The van der Waals surface area contributed by atoms with Crippen LogP contribution in [0.4, 0.5) is 4.79 Å². The third-order valence-corrected chi connectivity index (χ3v) is 5.88. The number of nitrogens with two attached hydrogens (primary N) is 1. The molecule has 136 valence electrons. The van der Waals surface area contributed by atoms with Crippen molar-refractivity contribution in [3.8, 4) is 0 Å². The van der Waals surface area contributed by atoms with Crippen molar-refractivity contribution in [2.24, 2.45) is 11.7 Å². The third kappa shape index (κ3) is 3.08. The van der Waals surface area contributed by atoms with E-state index in [0.29, 0.717) is 32.7 Å². The Labute approximate surface area is 145 Å². The van der Waals surface area contributed by atoms with E-state index in [-0.39, 0.29) is 29.0 Å². The number of ether oxygens (including phenoxy) is 1. The van der Waals surface area contributed by atoms with Crippen LogP contribution in [0.15, 0.2) is 12.4 Å². The molecule has 9 nitrogen and oxygen atoms in total. The first-order valence-electron chi connectivity index (χ1n) is 8.85. The largest absolute Gasteiger partial charge is 0.374 e. The number of primary amides is 1. The highest BCUT2D eigenvalue weighted by Gasteiger charge is 2.47. The standard InChI is InChI=1S/C16H24N6O3/c17-13(23)12-9-16(25-10-12)3-6-21(7-4-16)14(24)18-11-15(1-2-15)22-8-5-19-20-22/h5,8,12H,1-4,6-7,9-11H2,(H2,17,23)(H,18,24). The number of hydrogen-bond acceptors (Lipinski definition) is 5.